The fourth-order valence-electron chi connectivity index (χ4n) is 3.28. The predicted molar refractivity (Wildman–Crippen MR) is 111 cm³/mol. The van der Waals surface area contributed by atoms with Crippen molar-refractivity contribution in [2.24, 2.45) is 0 Å². The molecule has 29 heavy (non-hydrogen) atoms. The molecule has 0 aromatic heterocycles. The highest BCUT2D eigenvalue weighted by Gasteiger charge is 2.73. The van der Waals surface area contributed by atoms with Gasteiger partial charge >= 0.3 is 11.9 Å². The molecule has 152 valence electrons. The molecule has 1 atom stereocenters. The Kier molecular flexibility index (Phi) is 6.27. The second-order valence-corrected chi connectivity index (χ2v) is 7.71. The van der Waals surface area contributed by atoms with Gasteiger partial charge in [0.1, 0.15) is 5.25 Å². The van der Waals surface area contributed by atoms with Crippen molar-refractivity contribution >= 4 is 35.3 Å². The van der Waals surface area contributed by atoms with E-state index in [0.29, 0.717) is 5.69 Å². The van der Waals surface area contributed by atoms with Crippen molar-refractivity contribution in [3.8, 4) is 0 Å². The molecule has 1 aliphatic rings. The van der Waals surface area contributed by atoms with Crippen LogP contribution in [0.5, 0.6) is 0 Å². The van der Waals surface area contributed by atoms with Gasteiger partial charge in [-0.25, -0.2) is 9.59 Å². The lowest BCUT2D eigenvalue weighted by Crippen LogP contribution is -2.81. The summed E-state index contributed by atoms with van der Waals surface area (Å²) in [4.78, 5) is 41.4. The van der Waals surface area contributed by atoms with Gasteiger partial charge in [-0.1, -0.05) is 35.9 Å². The van der Waals surface area contributed by atoms with Crippen LogP contribution in [0.3, 0.4) is 0 Å². The van der Waals surface area contributed by atoms with Crippen LogP contribution in [-0.4, -0.2) is 41.8 Å². The van der Waals surface area contributed by atoms with Crippen molar-refractivity contribution in [1.82, 2.24) is 0 Å². The number of thioether (sulfide) groups is 1. The van der Waals surface area contributed by atoms with Crippen LogP contribution in [0.2, 0.25) is 0 Å². The lowest BCUT2D eigenvalue weighted by molar-refractivity contribution is -0.170. The summed E-state index contributed by atoms with van der Waals surface area (Å²) in [7, 11) is 0. The summed E-state index contributed by atoms with van der Waals surface area (Å²) in [5.74, 6) is -1.91. The second-order valence-electron chi connectivity index (χ2n) is 6.53. The molecule has 2 aromatic carbocycles. The molecule has 1 saturated heterocycles. The van der Waals surface area contributed by atoms with Gasteiger partial charge < -0.3 is 9.47 Å². The Morgan fingerprint density at radius 3 is 2.03 bits per heavy atom. The fraction of sp³-hybridized carbons (Fsp3) is 0.318. The maximum atomic E-state index is 13.2. The van der Waals surface area contributed by atoms with Crippen molar-refractivity contribution in [2.75, 3.05) is 18.1 Å². The Balaban J connectivity index is 2.11. The van der Waals surface area contributed by atoms with E-state index in [9.17, 15) is 14.4 Å². The van der Waals surface area contributed by atoms with E-state index in [1.807, 2.05) is 49.4 Å². The van der Waals surface area contributed by atoms with Gasteiger partial charge in [-0.2, -0.15) is 0 Å². The van der Waals surface area contributed by atoms with Crippen molar-refractivity contribution in [3.05, 3.63) is 60.2 Å². The van der Waals surface area contributed by atoms with E-state index in [1.54, 1.807) is 26.0 Å². The normalized spacial score (nSPS) is 17.4. The first kappa shape index (κ1) is 20.9. The topological polar surface area (TPSA) is 72.9 Å². The summed E-state index contributed by atoms with van der Waals surface area (Å²) in [5.41, 5.74) is -0.430. The number of nitrogens with zero attached hydrogens (tertiary/aromatic N) is 1. The Morgan fingerprint density at radius 1 is 0.966 bits per heavy atom. The van der Waals surface area contributed by atoms with Crippen molar-refractivity contribution in [1.29, 1.82) is 0 Å². The number of benzene rings is 2. The highest BCUT2D eigenvalue weighted by molar-refractivity contribution is 8.01. The fourth-order valence-corrected chi connectivity index (χ4v) is 4.54. The van der Waals surface area contributed by atoms with E-state index in [4.69, 9.17) is 9.47 Å². The van der Waals surface area contributed by atoms with E-state index in [1.165, 1.54) is 4.90 Å². The van der Waals surface area contributed by atoms with Crippen LogP contribution in [0.4, 0.5) is 5.69 Å². The number of carbonyl (C=O) groups is 3. The minimum Gasteiger partial charge on any atom is -0.464 e. The first-order valence-electron chi connectivity index (χ1n) is 9.43. The number of amides is 1. The molecule has 3 rings (SSSR count). The lowest BCUT2D eigenvalue weighted by Gasteiger charge is -2.52. The molecule has 0 saturated carbocycles. The van der Waals surface area contributed by atoms with Crippen molar-refractivity contribution < 1.29 is 23.9 Å². The van der Waals surface area contributed by atoms with Crippen LogP contribution < -0.4 is 4.90 Å². The number of carbonyl (C=O) groups excluding carboxylic acids is 3. The highest BCUT2D eigenvalue weighted by atomic mass is 32.2. The molecule has 2 aromatic rings. The number of hydrogen-bond donors (Lipinski definition) is 0. The smallest absolute Gasteiger partial charge is 0.346 e. The third-order valence-electron chi connectivity index (χ3n) is 4.64. The molecule has 1 aliphatic heterocycles. The Morgan fingerprint density at radius 2 is 1.52 bits per heavy atom. The number of β-lactam (4-membered cyclic amide) rings is 1. The Bertz CT molecular complexity index is 879. The third kappa shape index (κ3) is 3.62. The average Bonchev–Trinajstić information content (AvgIpc) is 2.72. The van der Waals surface area contributed by atoms with Gasteiger partial charge in [0.25, 0.3) is 5.54 Å². The van der Waals surface area contributed by atoms with Crippen LogP contribution in [0.1, 0.15) is 19.4 Å². The quantitative estimate of drug-likeness (QED) is 0.394. The first-order valence-corrected chi connectivity index (χ1v) is 10.3. The molecule has 7 heteroatoms. The van der Waals surface area contributed by atoms with Gasteiger partial charge in [0, 0.05) is 10.6 Å². The zero-order valence-corrected chi connectivity index (χ0v) is 17.4. The molecule has 6 nitrogen and oxygen atoms in total. The maximum Gasteiger partial charge on any atom is 0.346 e. The molecule has 0 spiro atoms. The molecular formula is C22H23NO5S. The van der Waals surface area contributed by atoms with Gasteiger partial charge in [-0.05, 0) is 45.0 Å². The molecule has 0 bridgehead atoms. The average molecular weight is 413 g/mol. The molecule has 1 heterocycles. The summed E-state index contributed by atoms with van der Waals surface area (Å²) in [6, 6.07) is 16.2. The van der Waals surface area contributed by atoms with Gasteiger partial charge in [0.05, 0.1) is 13.2 Å². The predicted octanol–water partition coefficient (Wildman–Crippen LogP) is 3.37. The molecule has 0 aliphatic carbocycles. The Labute approximate surface area is 174 Å². The molecule has 1 amide bonds. The number of rotatable bonds is 7. The van der Waals surface area contributed by atoms with Gasteiger partial charge in [-0.3, -0.25) is 9.69 Å². The molecule has 0 N–H and O–H groups in total. The van der Waals surface area contributed by atoms with Gasteiger partial charge in [0.15, 0.2) is 0 Å². The lowest BCUT2D eigenvalue weighted by atomic mass is 9.82. The summed E-state index contributed by atoms with van der Waals surface area (Å²) in [5, 5.41) is -0.982. The van der Waals surface area contributed by atoms with E-state index in [2.05, 4.69) is 0 Å². The molecule has 1 fully saturated rings. The Hall–Kier alpha value is -2.80. The van der Waals surface area contributed by atoms with E-state index < -0.39 is 22.7 Å². The summed E-state index contributed by atoms with van der Waals surface area (Å²) >= 11 is 1.16. The zero-order valence-electron chi connectivity index (χ0n) is 16.6. The molecule has 0 unspecified atom stereocenters. The van der Waals surface area contributed by atoms with Gasteiger partial charge in [-0.15, -0.1) is 11.8 Å². The SMILES string of the molecule is CCOC(=O)C1(C(=O)OCC)[C@H](Sc2ccccc2)C(=O)N1c1ccc(C)cc1. The van der Waals surface area contributed by atoms with Crippen LogP contribution in [0, 0.1) is 6.92 Å². The first-order chi connectivity index (χ1) is 14.0. The molecular weight excluding hydrogens is 390 g/mol. The summed E-state index contributed by atoms with van der Waals surface area (Å²) in [6.07, 6.45) is 0. The van der Waals surface area contributed by atoms with Crippen LogP contribution in [0.15, 0.2) is 59.5 Å². The van der Waals surface area contributed by atoms with Gasteiger partial charge in [0.2, 0.25) is 5.91 Å². The zero-order chi connectivity index (χ0) is 21.0. The number of anilines is 1. The second kappa shape index (κ2) is 8.69. The number of hydrogen-bond acceptors (Lipinski definition) is 6. The number of aryl methyl sites for hydroxylation is 1. The number of esters is 2. The highest BCUT2D eigenvalue weighted by Crippen LogP contribution is 2.47. The summed E-state index contributed by atoms with van der Waals surface area (Å²) < 4.78 is 10.5. The molecule has 0 radical (unpaired) electrons. The monoisotopic (exact) mass is 413 g/mol. The van der Waals surface area contributed by atoms with Crippen molar-refractivity contribution in [3.63, 3.8) is 0 Å². The van der Waals surface area contributed by atoms with E-state index >= 15 is 0 Å². The third-order valence-corrected chi connectivity index (χ3v) is 5.96. The van der Waals surface area contributed by atoms with E-state index in [-0.39, 0.29) is 19.1 Å². The van der Waals surface area contributed by atoms with E-state index in [0.717, 1.165) is 22.2 Å². The largest absolute Gasteiger partial charge is 0.464 e. The van der Waals surface area contributed by atoms with Crippen LogP contribution in [-0.2, 0) is 23.9 Å². The van der Waals surface area contributed by atoms with Crippen molar-refractivity contribution in [2.45, 2.75) is 36.5 Å². The number of ether oxygens (including phenoxy) is 2. The van der Waals surface area contributed by atoms with Crippen LogP contribution >= 0.6 is 11.8 Å². The minimum atomic E-state index is -1.88. The standard InChI is InChI=1S/C22H23NO5S/c1-4-27-20(25)22(21(26)28-5-2)18(29-17-9-7-6-8-10-17)19(24)23(22)16-13-11-15(3)12-14-16/h6-14,18H,4-5H2,1-3H3/t18-/m1/s1. The van der Waals surface area contributed by atoms with Crippen LogP contribution in [0.25, 0.3) is 0 Å². The minimum absolute atomic E-state index is 0.0820. The summed E-state index contributed by atoms with van der Waals surface area (Å²) in [6.45, 7) is 5.40. The maximum absolute atomic E-state index is 13.2.